The second-order valence-electron chi connectivity index (χ2n) is 2.95. The van der Waals surface area contributed by atoms with Crippen molar-refractivity contribution in [2.24, 2.45) is 0 Å². The Morgan fingerprint density at radius 2 is 2.33 bits per heavy atom. The van der Waals surface area contributed by atoms with E-state index in [0.29, 0.717) is 10.8 Å². The topological polar surface area (TPSA) is 54.9 Å². The second kappa shape index (κ2) is 4.18. The van der Waals surface area contributed by atoms with Gasteiger partial charge in [0.15, 0.2) is 5.13 Å². The molecule has 2 aromatic rings. The van der Waals surface area contributed by atoms with E-state index in [9.17, 15) is 4.79 Å². The Balaban J connectivity index is 0.00000128. The monoisotopic (exact) mass is 221 g/mol. The highest BCUT2D eigenvalue weighted by atomic mass is 32.1. The summed E-state index contributed by atoms with van der Waals surface area (Å²) in [5.41, 5.74) is 0.394. The van der Waals surface area contributed by atoms with Crippen LogP contribution in [0, 0.1) is 6.92 Å². The molecule has 0 aliphatic heterocycles. The van der Waals surface area contributed by atoms with Crippen LogP contribution < -0.4 is 5.32 Å². The van der Waals surface area contributed by atoms with Gasteiger partial charge in [0.05, 0.1) is 0 Å². The van der Waals surface area contributed by atoms with E-state index in [1.54, 1.807) is 30.6 Å². The number of hydrogen-bond acceptors (Lipinski definition) is 4. The molecule has 2 aromatic heterocycles. The first-order valence-electron chi connectivity index (χ1n) is 4.40. The van der Waals surface area contributed by atoms with Crippen LogP contribution in [0.2, 0.25) is 0 Å². The van der Waals surface area contributed by atoms with Crippen molar-refractivity contribution in [3.8, 4) is 0 Å². The molecule has 0 atom stereocenters. The van der Waals surface area contributed by atoms with Crippen molar-refractivity contribution in [3.05, 3.63) is 41.2 Å². The number of carbonyl (C=O) groups is 1. The molecule has 0 saturated carbocycles. The van der Waals surface area contributed by atoms with E-state index in [0.717, 1.165) is 4.88 Å². The summed E-state index contributed by atoms with van der Waals surface area (Å²) < 4.78 is 0. The summed E-state index contributed by atoms with van der Waals surface area (Å²) in [6, 6.07) is 5.20. The van der Waals surface area contributed by atoms with Crippen molar-refractivity contribution in [1.82, 2.24) is 9.97 Å². The van der Waals surface area contributed by atoms with Gasteiger partial charge in [-0.3, -0.25) is 15.1 Å². The number of nitrogens with one attached hydrogen (secondary N) is 1. The number of thiazole rings is 1. The van der Waals surface area contributed by atoms with Crippen LogP contribution in [0.1, 0.15) is 16.8 Å². The van der Waals surface area contributed by atoms with Gasteiger partial charge in [-0.2, -0.15) is 0 Å². The van der Waals surface area contributed by atoms with Gasteiger partial charge in [-0.05, 0) is 19.1 Å². The van der Waals surface area contributed by atoms with Crippen LogP contribution >= 0.6 is 11.3 Å². The maximum Gasteiger partial charge on any atom is 0.276 e. The molecule has 2 heterocycles. The van der Waals surface area contributed by atoms with Crippen LogP contribution in [0.4, 0.5) is 5.13 Å². The first kappa shape index (κ1) is 9.79. The Labute approximate surface area is 92.5 Å². The molecule has 0 bridgehead atoms. The lowest BCUT2D eigenvalue weighted by Crippen LogP contribution is -2.12. The predicted octanol–water partition coefficient (Wildman–Crippen LogP) is 2.34. The molecule has 5 heteroatoms. The number of aromatic nitrogens is 2. The molecule has 15 heavy (non-hydrogen) atoms. The molecule has 1 amide bonds. The lowest BCUT2D eigenvalue weighted by Gasteiger charge is -1.99. The number of aryl methyl sites for hydroxylation is 1. The maximum absolute atomic E-state index is 11.6. The smallest absolute Gasteiger partial charge is 0.276 e. The summed E-state index contributed by atoms with van der Waals surface area (Å²) in [5, 5.41) is 3.29. The number of rotatable bonds is 2. The van der Waals surface area contributed by atoms with Crippen molar-refractivity contribution in [1.29, 1.82) is 0 Å². The van der Waals surface area contributed by atoms with Gasteiger partial charge in [-0.25, -0.2) is 4.98 Å². The summed E-state index contributed by atoms with van der Waals surface area (Å²) in [6.45, 7) is 1.94. The maximum atomic E-state index is 11.6. The number of nitrogens with zero attached hydrogens (tertiary/aromatic N) is 2. The minimum Gasteiger partial charge on any atom is -0.296 e. The molecule has 0 spiro atoms. The lowest BCUT2D eigenvalue weighted by molar-refractivity contribution is 0.102. The van der Waals surface area contributed by atoms with Crippen LogP contribution in [0.25, 0.3) is 0 Å². The third-order valence-corrected chi connectivity index (χ3v) is 2.57. The molecule has 78 valence electrons. The van der Waals surface area contributed by atoms with Crippen molar-refractivity contribution < 1.29 is 6.22 Å². The highest BCUT2D eigenvalue weighted by Crippen LogP contribution is 2.16. The van der Waals surface area contributed by atoms with Crippen molar-refractivity contribution >= 4 is 22.4 Å². The zero-order chi connectivity index (χ0) is 10.7. The Hall–Kier alpha value is -1.75. The van der Waals surface area contributed by atoms with Crippen LogP contribution in [0.5, 0.6) is 0 Å². The molecule has 0 aliphatic carbocycles. The summed E-state index contributed by atoms with van der Waals surface area (Å²) >= 11 is 1.44. The average molecular weight is 221 g/mol. The minimum atomic E-state index is -0.232. The van der Waals surface area contributed by atoms with Crippen LogP contribution in [-0.2, 0) is 0 Å². The summed E-state index contributed by atoms with van der Waals surface area (Å²) in [7, 11) is 0. The highest BCUT2D eigenvalue weighted by molar-refractivity contribution is 7.15. The van der Waals surface area contributed by atoms with E-state index in [-0.39, 0.29) is 7.33 Å². The zero-order valence-electron chi connectivity index (χ0n) is 8.10. The lowest BCUT2D eigenvalue weighted by atomic mass is 10.3. The number of anilines is 1. The van der Waals surface area contributed by atoms with Gasteiger partial charge < -0.3 is 0 Å². The van der Waals surface area contributed by atoms with Gasteiger partial charge in [0.1, 0.15) is 5.69 Å². The van der Waals surface area contributed by atoms with Crippen molar-refractivity contribution in [3.63, 3.8) is 0 Å². The van der Waals surface area contributed by atoms with Gasteiger partial charge in [0.2, 0.25) is 0 Å². The Bertz CT molecular complexity index is 472. The molecule has 0 radical (unpaired) electrons. The van der Waals surface area contributed by atoms with E-state index < -0.39 is 0 Å². The molecule has 0 unspecified atom stereocenters. The highest BCUT2D eigenvalue weighted by Gasteiger charge is 2.08. The quantitative estimate of drug-likeness (QED) is 0.846. The SMILES string of the molecule is Cc1cnc(NC(=O)c2ccccn2)s1.[HH]. The van der Waals surface area contributed by atoms with Crippen LogP contribution in [0.15, 0.2) is 30.6 Å². The van der Waals surface area contributed by atoms with Crippen LogP contribution in [0.3, 0.4) is 0 Å². The molecule has 4 nitrogen and oxygen atoms in total. The number of pyridine rings is 1. The normalized spacial score (nSPS) is 9.93. The third-order valence-electron chi connectivity index (χ3n) is 1.74. The third kappa shape index (κ3) is 2.38. The molecule has 1 N–H and O–H groups in total. The molecular formula is C10H11N3OS. The minimum absolute atomic E-state index is 0. The van der Waals surface area contributed by atoms with Gasteiger partial charge in [0.25, 0.3) is 5.91 Å². The Morgan fingerprint density at radius 1 is 1.47 bits per heavy atom. The van der Waals surface area contributed by atoms with E-state index in [1.165, 1.54) is 11.3 Å². The number of carbonyl (C=O) groups excluding carboxylic acids is 1. The number of hydrogen-bond donors (Lipinski definition) is 1. The molecule has 0 saturated heterocycles. The molecule has 0 aliphatic rings. The average Bonchev–Trinajstić information content (AvgIpc) is 2.65. The Morgan fingerprint density at radius 3 is 2.93 bits per heavy atom. The fourth-order valence-electron chi connectivity index (χ4n) is 1.07. The second-order valence-corrected chi connectivity index (χ2v) is 4.18. The van der Waals surface area contributed by atoms with E-state index in [2.05, 4.69) is 15.3 Å². The molecule has 2 rings (SSSR count). The fraction of sp³-hybridized carbons (Fsp3) is 0.100. The van der Waals surface area contributed by atoms with Crippen molar-refractivity contribution in [2.75, 3.05) is 5.32 Å². The zero-order valence-corrected chi connectivity index (χ0v) is 8.91. The van der Waals surface area contributed by atoms with E-state index in [1.807, 2.05) is 6.92 Å². The fourth-order valence-corrected chi connectivity index (χ4v) is 1.73. The molecular weight excluding hydrogens is 210 g/mol. The Kier molecular flexibility index (Phi) is 2.73. The van der Waals surface area contributed by atoms with E-state index in [4.69, 9.17) is 0 Å². The largest absolute Gasteiger partial charge is 0.296 e. The molecule has 0 fully saturated rings. The van der Waals surface area contributed by atoms with Gasteiger partial charge in [-0.15, -0.1) is 11.3 Å². The number of amides is 1. The summed E-state index contributed by atoms with van der Waals surface area (Å²) in [4.78, 5) is 20.7. The first-order chi connectivity index (χ1) is 7.25. The summed E-state index contributed by atoms with van der Waals surface area (Å²) in [5.74, 6) is -0.232. The van der Waals surface area contributed by atoms with Crippen molar-refractivity contribution in [2.45, 2.75) is 6.92 Å². The van der Waals surface area contributed by atoms with Gasteiger partial charge >= 0.3 is 0 Å². The first-order valence-corrected chi connectivity index (χ1v) is 5.22. The van der Waals surface area contributed by atoms with Gasteiger partial charge in [-0.1, -0.05) is 6.07 Å². The standard InChI is InChI=1S/C10H9N3OS.H2/c1-7-6-12-10(15-7)13-9(14)8-4-2-3-5-11-8;/h2-6H,1H3,(H,12,13,14);1H. The predicted molar refractivity (Wildman–Crippen MR) is 61.2 cm³/mol. The van der Waals surface area contributed by atoms with E-state index >= 15 is 0 Å². The molecule has 0 aromatic carbocycles. The van der Waals surface area contributed by atoms with Crippen LogP contribution in [-0.4, -0.2) is 15.9 Å². The summed E-state index contributed by atoms with van der Waals surface area (Å²) in [6.07, 6.45) is 3.31. The van der Waals surface area contributed by atoms with Gasteiger partial charge in [0, 0.05) is 18.7 Å².